The Morgan fingerprint density at radius 2 is 1.96 bits per heavy atom. The van der Waals surface area contributed by atoms with E-state index in [1.807, 2.05) is 49.7 Å². The standard InChI is InChI=1S/C22H32N6/c1-3-26-28(16-13-25-22-10-5-4-9-21(22)24-2)19-11-14-27(15-12-19)20-8-6-7-18(23)17-20/h4-10,13,17,19,24,26H,3,11-12,14-16,23H2,1-2H3. The fraction of sp³-hybridized carbons (Fsp3) is 0.409. The zero-order valence-corrected chi connectivity index (χ0v) is 16.9. The van der Waals surface area contributed by atoms with Gasteiger partial charge in [0.1, 0.15) is 0 Å². The van der Waals surface area contributed by atoms with Crippen LogP contribution in [0, 0.1) is 0 Å². The molecular formula is C22H32N6. The zero-order valence-electron chi connectivity index (χ0n) is 16.9. The molecule has 0 aromatic heterocycles. The first kappa shape index (κ1) is 20.2. The largest absolute Gasteiger partial charge is 0.399 e. The van der Waals surface area contributed by atoms with Gasteiger partial charge in [-0.3, -0.25) is 10.4 Å². The first-order valence-electron chi connectivity index (χ1n) is 10.1. The number of anilines is 3. The Bertz CT molecular complexity index is 767. The molecule has 6 nitrogen and oxygen atoms in total. The van der Waals surface area contributed by atoms with Gasteiger partial charge >= 0.3 is 0 Å². The van der Waals surface area contributed by atoms with E-state index >= 15 is 0 Å². The number of nitrogens with two attached hydrogens (primary N) is 1. The van der Waals surface area contributed by atoms with Gasteiger partial charge in [0.15, 0.2) is 0 Å². The minimum Gasteiger partial charge on any atom is -0.399 e. The summed E-state index contributed by atoms with van der Waals surface area (Å²) in [6.45, 7) is 5.92. The summed E-state index contributed by atoms with van der Waals surface area (Å²) in [6, 6.07) is 16.8. The van der Waals surface area contributed by atoms with Crippen LogP contribution < -0.4 is 21.4 Å². The van der Waals surface area contributed by atoms with Crippen molar-refractivity contribution in [3.8, 4) is 0 Å². The Morgan fingerprint density at radius 3 is 2.68 bits per heavy atom. The molecule has 0 spiro atoms. The molecule has 1 heterocycles. The van der Waals surface area contributed by atoms with Gasteiger partial charge in [-0.25, -0.2) is 5.01 Å². The van der Waals surface area contributed by atoms with Crippen molar-refractivity contribution in [3.05, 3.63) is 48.5 Å². The van der Waals surface area contributed by atoms with E-state index in [2.05, 4.69) is 44.7 Å². The van der Waals surface area contributed by atoms with E-state index < -0.39 is 0 Å². The van der Waals surface area contributed by atoms with Gasteiger partial charge in [-0.05, 0) is 43.2 Å². The molecule has 1 aliphatic heterocycles. The fourth-order valence-corrected chi connectivity index (χ4v) is 3.73. The molecule has 1 saturated heterocycles. The molecule has 0 radical (unpaired) electrons. The average molecular weight is 381 g/mol. The number of nitrogens with one attached hydrogen (secondary N) is 2. The lowest BCUT2D eigenvalue weighted by Gasteiger charge is -2.39. The summed E-state index contributed by atoms with van der Waals surface area (Å²) in [5.41, 5.74) is 13.5. The van der Waals surface area contributed by atoms with Crippen LogP contribution >= 0.6 is 0 Å². The molecule has 0 amide bonds. The third kappa shape index (κ3) is 5.24. The maximum atomic E-state index is 5.94. The maximum absolute atomic E-state index is 5.94. The van der Waals surface area contributed by atoms with E-state index in [-0.39, 0.29) is 0 Å². The van der Waals surface area contributed by atoms with E-state index in [9.17, 15) is 0 Å². The van der Waals surface area contributed by atoms with Crippen molar-refractivity contribution in [2.75, 3.05) is 49.2 Å². The molecule has 28 heavy (non-hydrogen) atoms. The highest BCUT2D eigenvalue weighted by atomic mass is 15.5. The van der Waals surface area contributed by atoms with Gasteiger partial charge in [0.25, 0.3) is 0 Å². The number of benzene rings is 2. The lowest BCUT2D eigenvalue weighted by molar-refractivity contribution is 0.130. The van der Waals surface area contributed by atoms with Crippen LogP contribution in [-0.4, -0.2) is 50.5 Å². The van der Waals surface area contributed by atoms with Gasteiger partial charge in [-0.2, -0.15) is 0 Å². The summed E-state index contributed by atoms with van der Waals surface area (Å²) < 4.78 is 0. The Kier molecular flexibility index (Phi) is 7.28. The second-order valence-electron chi connectivity index (χ2n) is 7.06. The predicted octanol–water partition coefficient (Wildman–Crippen LogP) is 3.51. The molecule has 1 fully saturated rings. The normalized spacial score (nSPS) is 15.5. The van der Waals surface area contributed by atoms with Crippen molar-refractivity contribution in [2.24, 2.45) is 4.99 Å². The van der Waals surface area contributed by atoms with E-state index in [0.717, 1.165) is 56.1 Å². The lowest BCUT2D eigenvalue weighted by atomic mass is 10.0. The molecule has 0 atom stereocenters. The molecule has 2 aromatic rings. The minimum atomic E-state index is 0.503. The van der Waals surface area contributed by atoms with E-state index in [1.165, 1.54) is 5.69 Å². The Labute approximate surface area is 168 Å². The van der Waals surface area contributed by atoms with Crippen LogP contribution in [0.25, 0.3) is 0 Å². The van der Waals surface area contributed by atoms with Crippen molar-refractivity contribution in [1.29, 1.82) is 0 Å². The monoisotopic (exact) mass is 380 g/mol. The van der Waals surface area contributed by atoms with Crippen molar-refractivity contribution < 1.29 is 0 Å². The van der Waals surface area contributed by atoms with Crippen LogP contribution in [-0.2, 0) is 0 Å². The predicted molar refractivity (Wildman–Crippen MR) is 121 cm³/mol. The molecule has 0 unspecified atom stereocenters. The second-order valence-corrected chi connectivity index (χ2v) is 7.06. The SMILES string of the molecule is CCNN(CC=Nc1ccccc1NC)C1CCN(c2cccc(N)c2)CC1. The first-order valence-corrected chi connectivity index (χ1v) is 10.1. The summed E-state index contributed by atoms with van der Waals surface area (Å²) in [4.78, 5) is 7.10. The number of rotatable bonds is 8. The molecular weight excluding hydrogens is 348 g/mol. The Morgan fingerprint density at radius 1 is 1.18 bits per heavy atom. The van der Waals surface area contributed by atoms with Crippen molar-refractivity contribution in [2.45, 2.75) is 25.8 Å². The molecule has 0 bridgehead atoms. The summed E-state index contributed by atoms with van der Waals surface area (Å²) >= 11 is 0. The van der Waals surface area contributed by atoms with Crippen LogP contribution in [0.3, 0.4) is 0 Å². The highest BCUT2D eigenvalue weighted by Gasteiger charge is 2.24. The zero-order chi connectivity index (χ0) is 19.8. The van der Waals surface area contributed by atoms with E-state index in [1.54, 1.807) is 0 Å². The van der Waals surface area contributed by atoms with Gasteiger partial charge < -0.3 is 16.0 Å². The highest BCUT2D eigenvalue weighted by Crippen LogP contribution is 2.24. The number of hydrogen-bond acceptors (Lipinski definition) is 6. The Balaban J connectivity index is 1.58. The van der Waals surface area contributed by atoms with Crippen LogP contribution in [0.2, 0.25) is 0 Å². The third-order valence-electron chi connectivity index (χ3n) is 5.18. The topological polar surface area (TPSA) is 68.9 Å². The molecule has 6 heteroatoms. The molecule has 2 aromatic carbocycles. The first-order chi connectivity index (χ1) is 13.7. The van der Waals surface area contributed by atoms with Gasteiger partial charge in [0.05, 0.1) is 11.4 Å². The van der Waals surface area contributed by atoms with Gasteiger partial charge in [0.2, 0.25) is 0 Å². The number of hydrazine groups is 1. The maximum Gasteiger partial charge on any atom is 0.0857 e. The summed E-state index contributed by atoms with van der Waals surface area (Å²) in [5, 5.41) is 5.52. The lowest BCUT2D eigenvalue weighted by Crippen LogP contribution is -2.51. The molecule has 4 N–H and O–H groups in total. The molecule has 1 aliphatic rings. The van der Waals surface area contributed by atoms with Gasteiger partial charge in [0, 0.05) is 56.9 Å². The van der Waals surface area contributed by atoms with Crippen LogP contribution in [0.4, 0.5) is 22.7 Å². The smallest absolute Gasteiger partial charge is 0.0857 e. The molecule has 0 aliphatic carbocycles. The number of nitrogens with zero attached hydrogens (tertiary/aromatic N) is 3. The van der Waals surface area contributed by atoms with E-state index in [4.69, 9.17) is 5.73 Å². The third-order valence-corrected chi connectivity index (χ3v) is 5.18. The number of para-hydroxylation sites is 2. The Hall–Kier alpha value is -2.57. The van der Waals surface area contributed by atoms with Crippen molar-refractivity contribution in [1.82, 2.24) is 10.4 Å². The molecule has 0 saturated carbocycles. The summed E-state index contributed by atoms with van der Waals surface area (Å²) in [6.07, 6.45) is 4.23. The number of nitrogen functional groups attached to an aromatic ring is 1. The fourth-order valence-electron chi connectivity index (χ4n) is 3.73. The summed E-state index contributed by atoms with van der Waals surface area (Å²) in [5.74, 6) is 0. The highest BCUT2D eigenvalue weighted by molar-refractivity contribution is 5.73. The molecule has 3 rings (SSSR count). The van der Waals surface area contributed by atoms with Crippen LogP contribution in [0.15, 0.2) is 53.5 Å². The number of piperidine rings is 1. The van der Waals surface area contributed by atoms with Crippen LogP contribution in [0.5, 0.6) is 0 Å². The second kappa shape index (κ2) is 10.1. The quantitative estimate of drug-likeness (QED) is 0.371. The summed E-state index contributed by atoms with van der Waals surface area (Å²) in [7, 11) is 1.92. The van der Waals surface area contributed by atoms with Crippen molar-refractivity contribution >= 4 is 29.0 Å². The molecule has 150 valence electrons. The average Bonchev–Trinajstić information content (AvgIpc) is 2.73. The van der Waals surface area contributed by atoms with E-state index in [0.29, 0.717) is 6.04 Å². The van der Waals surface area contributed by atoms with Crippen LogP contribution in [0.1, 0.15) is 19.8 Å². The number of hydrogen-bond donors (Lipinski definition) is 3. The minimum absolute atomic E-state index is 0.503. The van der Waals surface area contributed by atoms with Gasteiger partial charge in [-0.15, -0.1) is 0 Å². The van der Waals surface area contributed by atoms with Crippen molar-refractivity contribution in [3.63, 3.8) is 0 Å². The number of aliphatic imine (C=N–C) groups is 1. The van der Waals surface area contributed by atoms with Gasteiger partial charge in [-0.1, -0.05) is 25.1 Å².